The summed E-state index contributed by atoms with van der Waals surface area (Å²) in [7, 11) is 2.96. The lowest BCUT2D eigenvalue weighted by Gasteiger charge is -2.20. The van der Waals surface area contributed by atoms with Crippen LogP contribution in [0.2, 0.25) is 0 Å². The SMILES string of the molecule is COCC(CN1C(=O)c2ccc(C(=O)O)cc2C1=O)OC. The van der Waals surface area contributed by atoms with E-state index in [1.807, 2.05) is 0 Å². The quantitative estimate of drug-likeness (QED) is 0.774. The van der Waals surface area contributed by atoms with E-state index in [0.717, 1.165) is 4.90 Å². The number of carbonyl (C=O) groups excluding carboxylic acids is 2. The van der Waals surface area contributed by atoms with E-state index in [9.17, 15) is 14.4 Å². The van der Waals surface area contributed by atoms with E-state index in [1.54, 1.807) is 0 Å². The van der Waals surface area contributed by atoms with Gasteiger partial charge in [0.25, 0.3) is 11.8 Å². The minimum absolute atomic E-state index is 0.0306. The normalized spacial score (nSPS) is 15.2. The molecule has 1 atom stereocenters. The molecule has 2 rings (SSSR count). The number of ether oxygens (including phenoxy) is 2. The first kappa shape index (κ1) is 15.1. The van der Waals surface area contributed by atoms with Gasteiger partial charge in [-0.1, -0.05) is 0 Å². The lowest BCUT2D eigenvalue weighted by Crippen LogP contribution is -2.39. The zero-order valence-electron chi connectivity index (χ0n) is 11.7. The average molecular weight is 293 g/mol. The second-order valence-electron chi connectivity index (χ2n) is 4.60. The van der Waals surface area contributed by atoms with Crippen LogP contribution in [0.15, 0.2) is 18.2 Å². The van der Waals surface area contributed by atoms with E-state index >= 15 is 0 Å². The van der Waals surface area contributed by atoms with Gasteiger partial charge in [-0.05, 0) is 18.2 Å². The van der Waals surface area contributed by atoms with E-state index < -0.39 is 23.9 Å². The minimum Gasteiger partial charge on any atom is -0.478 e. The first-order chi connectivity index (χ1) is 9.99. The van der Waals surface area contributed by atoms with Gasteiger partial charge >= 0.3 is 5.97 Å². The van der Waals surface area contributed by atoms with Gasteiger partial charge in [0.2, 0.25) is 0 Å². The van der Waals surface area contributed by atoms with Crippen LogP contribution in [0, 0.1) is 0 Å². The lowest BCUT2D eigenvalue weighted by molar-refractivity contribution is 0.00914. The van der Waals surface area contributed by atoms with Crippen LogP contribution in [0.1, 0.15) is 31.1 Å². The average Bonchev–Trinajstić information content (AvgIpc) is 2.71. The molecule has 21 heavy (non-hydrogen) atoms. The highest BCUT2D eigenvalue weighted by atomic mass is 16.5. The number of carbonyl (C=O) groups is 3. The van der Waals surface area contributed by atoms with Crippen molar-refractivity contribution in [3.8, 4) is 0 Å². The number of carboxylic acids is 1. The molecule has 2 amide bonds. The highest BCUT2D eigenvalue weighted by Gasteiger charge is 2.37. The molecule has 0 saturated heterocycles. The molecule has 7 nitrogen and oxygen atoms in total. The van der Waals surface area contributed by atoms with Crippen LogP contribution in [-0.4, -0.2) is 61.3 Å². The fraction of sp³-hybridized carbons (Fsp3) is 0.357. The number of fused-ring (bicyclic) bond motifs is 1. The summed E-state index contributed by atoms with van der Waals surface area (Å²) in [6.45, 7) is 0.295. The number of benzene rings is 1. The molecule has 0 spiro atoms. The Morgan fingerprint density at radius 3 is 2.48 bits per heavy atom. The van der Waals surface area contributed by atoms with E-state index in [4.69, 9.17) is 14.6 Å². The number of rotatable bonds is 6. The zero-order chi connectivity index (χ0) is 15.6. The molecule has 0 saturated carbocycles. The minimum atomic E-state index is -1.15. The molecule has 7 heteroatoms. The lowest BCUT2D eigenvalue weighted by atomic mass is 10.1. The van der Waals surface area contributed by atoms with Crippen molar-refractivity contribution >= 4 is 17.8 Å². The summed E-state index contributed by atoms with van der Waals surface area (Å²) in [5.41, 5.74) is 0.279. The predicted octanol–water partition coefficient (Wildman–Crippen LogP) is 0.642. The van der Waals surface area contributed by atoms with Crippen molar-refractivity contribution in [2.24, 2.45) is 0 Å². The summed E-state index contributed by atoms with van der Waals surface area (Å²) in [6, 6.07) is 3.88. The Morgan fingerprint density at radius 1 is 1.24 bits per heavy atom. The van der Waals surface area contributed by atoms with Gasteiger partial charge in [0.1, 0.15) is 0 Å². The first-order valence-corrected chi connectivity index (χ1v) is 6.24. The number of hydrogen-bond donors (Lipinski definition) is 1. The predicted molar refractivity (Wildman–Crippen MR) is 71.4 cm³/mol. The number of methoxy groups -OCH3 is 2. The Balaban J connectivity index is 2.27. The summed E-state index contributed by atoms with van der Waals surface area (Å²) in [5, 5.41) is 8.94. The fourth-order valence-corrected chi connectivity index (χ4v) is 2.17. The highest BCUT2D eigenvalue weighted by molar-refractivity contribution is 6.21. The topological polar surface area (TPSA) is 93.1 Å². The largest absolute Gasteiger partial charge is 0.478 e. The smallest absolute Gasteiger partial charge is 0.335 e. The fourth-order valence-electron chi connectivity index (χ4n) is 2.17. The van der Waals surface area contributed by atoms with Crippen molar-refractivity contribution in [1.29, 1.82) is 0 Å². The summed E-state index contributed by atoms with van der Waals surface area (Å²) in [4.78, 5) is 36.4. The van der Waals surface area contributed by atoms with Crippen LogP contribution in [-0.2, 0) is 9.47 Å². The van der Waals surface area contributed by atoms with E-state index in [0.29, 0.717) is 0 Å². The maximum atomic E-state index is 12.3. The third-order valence-electron chi connectivity index (χ3n) is 3.29. The van der Waals surface area contributed by atoms with E-state index in [1.165, 1.54) is 32.4 Å². The van der Waals surface area contributed by atoms with Crippen molar-refractivity contribution < 1.29 is 29.0 Å². The molecule has 1 N–H and O–H groups in total. The second-order valence-corrected chi connectivity index (χ2v) is 4.60. The Hall–Kier alpha value is -2.25. The van der Waals surface area contributed by atoms with Gasteiger partial charge in [-0.3, -0.25) is 14.5 Å². The Labute approximate surface area is 121 Å². The highest BCUT2D eigenvalue weighted by Crippen LogP contribution is 2.24. The molecule has 0 aromatic heterocycles. The molecule has 1 aliphatic rings. The van der Waals surface area contributed by atoms with Crippen molar-refractivity contribution in [2.75, 3.05) is 27.4 Å². The molecular formula is C14H15NO6. The molecule has 1 heterocycles. The maximum Gasteiger partial charge on any atom is 0.335 e. The first-order valence-electron chi connectivity index (χ1n) is 6.24. The van der Waals surface area contributed by atoms with Crippen LogP contribution in [0.4, 0.5) is 0 Å². The second kappa shape index (κ2) is 6.02. The molecular weight excluding hydrogens is 278 g/mol. The van der Waals surface area contributed by atoms with Crippen LogP contribution in [0.25, 0.3) is 0 Å². The third-order valence-corrected chi connectivity index (χ3v) is 3.29. The number of nitrogens with zero attached hydrogens (tertiary/aromatic N) is 1. The van der Waals surface area contributed by atoms with Crippen LogP contribution in [0.5, 0.6) is 0 Å². The number of imide groups is 1. The molecule has 0 fully saturated rings. The maximum absolute atomic E-state index is 12.3. The van der Waals surface area contributed by atoms with Gasteiger partial charge < -0.3 is 14.6 Å². The van der Waals surface area contributed by atoms with Crippen molar-refractivity contribution in [1.82, 2.24) is 4.90 Å². The van der Waals surface area contributed by atoms with Crippen LogP contribution >= 0.6 is 0 Å². The number of aromatic carboxylic acids is 1. The molecule has 0 bridgehead atoms. The summed E-state index contributed by atoms with van der Waals surface area (Å²) in [5.74, 6) is -2.12. The summed E-state index contributed by atoms with van der Waals surface area (Å²) >= 11 is 0. The molecule has 1 unspecified atom stereocenters. The van der Waals surface area contributed by atoms with Crippen molar-refractivity contribution in [3.63, 3.8) is 0 Å². The molecule has 1 aromatic rings. The van der Waals surface area contributed by atoms with Crippen molar-refractivity contribution in [2.45, 2.75) is 6.10 Å². The monoisotopic (exact) mass is 293 g/mol. The van der Waals surface area contributed by atoms with Gasteiger partial charge in [0.15, 0.2) is 0 Å². The van der Waals surface area contributed by atoms with Gasteiger partial charge in [0, 0.05) is 14.2 Å². The van der Waals surface area contributed by atoms with Gasteiger partial charge in [-0.25, -0.2) is 4.79 Å². The van der Waals surface area contributed by atoms with Crippen molar-refractivity contribution in [3.05, 3.63) is 34.9 Å². The number of hydrogen-bond acceptors (Lipinski definition) is 5. The van der Waals surface area contributed by atoms with E-state index in [2.05, 4.69) is 0 Å². The Bertz CT molecular complexity index is 597. The number of amides is 2. The molecule has 1 aliphatic heterocycles. The standard InChI is InChI=1S/C14H15NO6/c1-20-7-9(21-2)6-15-12(16)10-4-3-8(14(18)19)5-11(10)13(15)17/h3-5,9H,6-7H2,1-2H3,(H,18,19). The molecule has 0 radical (unpaired) electrons. The molecule has 1 aromatic carbocycles. The summed E-state index contributed by atoms with van der Waals surface area (Å²) < 4.78 is 10.1. The van der Waals surface area contributed by atoms with Gasteiger partial charge in [-0.2, -0.15) is 0 Å². The summed E-state index contributed by atoms with van der Waals surface area (Å²) in [6.07, 6.45) is -0.434. The Morgan fingerprint density at radius 2 is 1.90 bits per heavy atom. The number of carboxylic acid groups (broad SMARTS) is 1. The molecule has 0 aliphatic carbocycles. The van der Waals surface area contributed by atoms with Crippen LogP contribution in [0.3, 0.4) is 0 Å². The zero-order valence-corrected chi connectivity index (χ0v) is 11.7. The van der Waals surface area contributed by atoms with E-state index in [-0.39, 0.29) is 29.8 Å². The third kappa shape index (κ3) is 2.79. The van der Waals surface area contributed by atoms with Gasteiger partial charge in [-0.15, -0.1) is 0 Å². The Kier molecular flexibility index (Phi) is 4.35. The van der Waals surface area contributed by atoms with Crippen LogP contribution < -0.4 is 0 Å². The van der Waals surface area contributed by atoms with Gasteiger partial charge in [0.05, 0.1) is 35.9 Å². The molecule has 112 valence electrons.